The molecule has 1 unspecified atom stereocenters. The van der Waals surface area contributed by atoms with Gasteiger partial charge in [0.1, 0.15) is 4.99 Å². The minimum absolute atomic E-state index is 0.465. The zero-order chi connectivity index (χ0) is 14.7. The molecule has 0 radical (unpaired) electrons. The van der Waals surface area contributed by atoms with Crippen LogP contribution in [0, 0.1) is 0 Å². The molecule has 0 saturated carbocycles. The highest BCUT2D eigenvalue weighted by atomic mass is 32.2. The van der Waals surface area contributed by atoms with Gasteiger partial charge in [-0.2, -0.15) is 0 Å². The van der Waals surface area contributed by atoms with Crippen LogP contribution in [-0.2, 0) is 0 Å². The van der Waals surface area contributed by atoms with Gasteiger partial charge in [0.15, 0.2) is 0 Å². The maximum atomic E-state index is 5.99. The first-order valence-electron chi connectivity index (χ1n) is 6.96. The average molecular weight is 310 g/mol. The second-order valence-corrected chi connectivity index (χ2v) is 6.66. The maximum absolute atomic E-state index is 5.99. The molecule has 0 aliphatic carbocycles. The number of hydrogen-bond donors (Lipinski definition) is 1. The van der Waals surface area contributed by atoms with E-state index in [0.29, 0.717) is 11.0 Å². The Morgan fingerprint density at radius 1 is 1.40 bits per heavy atom. The molecular weight excluding hydrogens is 286 g/mol. The van der Waals surface area contributed by atoms with E-state index >= 15 is 0 Å². The van der Waals surface area contributed by atoms with Gasteiger partial charge in [0, 0.05) is 35.3 Å². The van der Waals surface area contributed by atoms with Gasteiger partial charge >= 0.3 is 0 Å². The topological polar surface area (TPSA) is 32.5 Å². The normalized spacial score (nSPS) is 20.8. The zero-order valence-corrected chi connectivity index (χ0v) is 14.1. The summed E-state index contributed by atoms with van der Waals surface area (Å²) < 4.78 is 0. The van der Waals surface area contributed by atoms with Gasteiger partial charge in [-0.15, -0.1) is 11.8 Å². The third-order valence-corrected chi connectivity index (χ3v) is 4.81. The van der Waals surface area contributed by atoms with Crippen LogP contribution in [0.2, 0.25) is 0 Å². The van der Waals surface area contributed by atoms with E-state index in [4.69, 9.17) is 18.0 Å². The molecule has 3 nitrogen and oxygen atoms in total. The van der Waals surface area contributed by atoms with Crippen molar-refractivity contribution in [3.63, 3.8) is 0 Å². The molecule has 1 aromatic carbocycles. The van der Waals surface area contributed by atoms with Gasteiger partial charge in [-0.1, -0.05) is 18.3 Å². The first-order valence-corrected chi connectivity index (χ1v) is 8.60. The first kappa shape index (κ1) is 15.6. The molecule has 0 aromatic heterocycles. The lowest BCUT2D eigenvalue weighted by Gasteiger charge is -2.32. The van der Waals surface area contributed by atoms with Crippen LogP contribution in [0.1, 0.15) is 18.9 Å². The van der Waals surface area contributed by atoms with Crippen LogP contribution >= 0.6 is 24.0 Å². The summed E-state index contributed by atoms with van der Waals surface area (Å²) in [4.78, 5) is 6.51. The summed E-state index contributed by atoms with van der Waals surface area (Å²) in [5, 5.41) is 0. The number of likely N-dealkylation sites (N-methyl/N-ethyl adjacent to an activating group) is 1. The smallest absolute Gasteiger partial charge is 0.107 e. The number of nitrogens with two attached hydrogens (primary N) is 1. The molecule has 20 heavy (non-hydrogen) atoms. The summed E-state index contributed by atoms with van der Waals surface area (Å²) in [6.45, 7) is 5.54. The predicted octanol–water partition coefficient (Wildman–Crippen LogP) is 2.57. The van der Waals surface area contributed by atoms with Gasteiger partial charge < -0.3 is 15.5 Å². The van der Waals surface area contributed by atoms with Crippen molar-refractivity contribution in [2.75, 3.05) is 37.8 Å². The highest BCUT2D eigenvalue weighted by Gasteiger charge is 2.23. The number of rotatable bonds is 3. The molecule has 2 rings (SSSR count). The molecule has 0 bridgehead atoms. The third kappa shape index (κ3) is 3.27. The molecule has 5 heteroatoms. The molecule has 0 amide bonds. The Labute approximate surface area is 131 Å². The molecule has 1 fully saturated rings. The molecule has 1 atom stereocenters. The number of nitrogens with zero attached hydrogens (tertiary/aromatic N) is 2. The highest BCUT2D eigenvalue weighted by molar-refractivity contribution is 7.98. The highest BCUT2D eigenvalue weighted by Crippen LogP contribution is 2.31. The van der Waals surface area contributed by atoms with Crippen molar-refractivity contribution in [3.05, 3.63) is 23.8 Å². The quantitative estimate of drug-likeness (QED) is 0.685. The van der Waals surface area contributed by atoms with Crippen molar-refractivity contribution < 1.29 is 0 Å². The van der Waals surface area contributed by atoms with Crippen molar-refractivity contribution >= 4 is 34.7 Å². The Morgan fingerprint density at radius 2 is 2.15 bits per heavy atom. The van der Waals surface area contributed by atoms with Crippen molar-refractivity contribution in [1.29, 1.82) is 0 Å². The average Bonchev–Trinajstić information content (AvgIpc) is 2.58. The fourth-order valence-corrected chi connectivity index (χ4v) is 3.82. The van der Waals surface area contributed by atoms with Crippen molar-refractivity contribution in [2.45, 2.75) is 24.3 Å². The summed E-state index contributed by atoms with van der Waals surface area (Å²) in [5.74, 6) is 0. The number of hydrogen-bond acceptors (Lipinski definition) is 4. The van der Waals surface area contributed by atoms with Crippen LogP contribution in [0.25, 0.3) is 0 Å². The fourth-order valence-electron chi connectivity index (χ4n) is 2.91. The number of thiocarbonyl (C=S) groups is 1. The van der Waals surface area contributed by atoms with E-state index in [9.17, 15) is 0 Å². The second-order valence-electron chi connectivity index (χ2n) is 5.38. The molecule has 1 heterocycles. The van der Waals surface area contributed by atoms with Crippen molar-refractivity contribution in [2.24, 2.45) is 5.73 Å². The van der Waals surface area contributed by atoms with Gasteiger partial charge in [0.25, 0.3) is 0 Å². The summed E-state index contributed by atoms with van der Waals surface area (Å²) in [5.41, 5.74) is 8.21. The molecule has 2 N–H and O–H groups in total. The standard InChI is InChI=1S/C15H23N3S2/c1-11-10-17(2)8-5-9-18(11)12-6-4-7-13(20-3)14(12)15(16)19/h4,6-7,11H,5,8-10H2,1-3H3,(H2,16,19). The minimum Gasteiger partial charge on any atom is -0.389 e. The van der Waals surface area contributed by atoms with E-state index in [0.717, 1.165) is 25.2 Å². The Balaban J connectivity index is 2.43. The third-order valence-electron chi connectivity index (χ3n) is 3.83. The minimum atomic E-state index is 0.465. The van der Waals surface area contributed by atoms with E-state index in [1.165, 1.54) is 17.0 Å². The van der Waals surface area contributed by atoms with Gasteiger partial charge in [-0.05, 0) is 45.3 Å². The number of benzene rings is 1. The molecule has 1 aromatic rings. The summed E-state index contributed by atoms with van der Waals surface area (Å²) in [7, 11) is 2.19. The summed E-state index contributed by atoms with van der Waals surface area (Å²) in [6.07, 6.45) is 3.24. The lowest BCUT2D eigenvalue weighted by molar-refractivity contribution is 0.337. The van der Waals surface area contributed by atoms with Gasteiger partial charge in [0.05, 0.1) is 0 Å². The largest absolute Gasteiger partial charge is 0.389 e. The maximum Gasteiger partial charge on any atom is 0.107 e. The number of anilines is 1. The van der Waals surface area contributed by atoms with Gasteiger partial charge in [-0.25, -0.2) is 0 Å². The van der Waals surface area contributed by atoms with E-state index in [-0.39, 0.29) is 0 Å². The Kier molecular flexibility index (Phi) is 5.29. The Hall–Kier alpha value is -0.780. The number of thioether (sulfide) groups is 1. The van der Waals surface area contributed by atoms with Crippen molar-refractivity contribution in [1.82, 2.24) is 4.90 Å². The van der Waals surface area contributed by atoms with Crippen LogP contribution in [0.5, 0.6) is 0 Å². The van der Waals surface area contributed by atoms with Gasteiger partial charge in [0.2, 0.25) is 0 Å². The second kappa shape index (κ2) is 6.78. The fraction of sp³-hybridized carbons (Fsp3) is 0.533. The predicted molar refractivity (Wildman–Crippen MR) is 93.0 cm³/mol. The molecular formula is C15H23N3S2. The monoisotopic (exact) mass is 309 g/mol. The van der Waals surface area contributed by atoms with E-state index in [1.54, 1.807) is 11.8 Å². The summed E-state index contributed by atoms with van der Waals surface area (Å²) >= 11 is 7.00. The van der Waals surface area contributed by atoms with Crippen LogP contribution in [0.4, 0.5) is 5.69 Å². The first-order chi connectivity index (χ1) is 9.54. The van der Waals surface area contributed by atoms with Gasteiger partial charge in [-0.3, -0.25) is 0 Å². The van der Waals surface area contributed by atoms with Crippen LogP contribution in [-0.4, -0.2) is 48.9 Å². The van der Waals surface area contributed by atoms with Crippen LogP contribution < -0.4 is 10.6 Å². The van der Waals surface area contributed by atoms with E-state index in [1.807, 2.05) is 0 Å². The molecule has 1 saturated heterocycles. The lowest BCUT2D eigenvalue weighted by Crippen LogP contribution is -2.39. The summed E-state index contributed by atoms with van der Waals surface area (Å²) in [6, 6.07) is 6.81. The van der Waals surface area contributed by atoms with E-state index < -0.39 is 0 Å². The van der Waals surface area contributed by atoms with Crippen LogP contribution in [0.15, 0.2) is 23.1 Å². The molecule has 1 aliphatic heterocycles. The Morgan fingerprint density at radius 3 is 2.80 bits per heavy atom. The lowest BCUT2D eigenvalue weighted by atomic mass is 10.1. The molecule has 1 aliphatic rings. The van der Waals surface area contributed by atoms with E-state index in [2.05, 4.69) is 48.2 Å². The van der Waals surface area contributed by atoms with Crippen LogP contribution in [0.3, 0.4) is 0 Å². The SMILES string of the molecule is CSc1cccc(N2CCCN(C)CC2C)c1C(N)=S. The molecule has 110 valence electrons. The Bertz CT molecular complexity index is 490. The van der Waals surface area contributed by atoms with Crippen molar-refractivity contribution in [3.8, 4) is 0 Å². The zero-order valence-electron chi connectivity index (χ0n) is 12.4. The molecule has 0 spiro atoms.